The Kier molecular flexibility index (Phi) is 3.27. The number of aromatic nitrogens is 1. The van der Waals surface area contributed by atoms with Gasteiger partial charge < -0.3 is 10.2 Å². The van der Waals surface area contributed by atoms with E-state index in [9.17, 15) is 8.78 Å². The van der Waals surface area contributed by atoms with Gasteiger partial charge in [-0.05, 0) is 18.2 Å². The second-order valence-corrected chi connectivity index (χ2v) is 4.97. The average Bonchev–Trinajstić information content (AvgIpc) is 2.48. The Balaban J connectivity index is 1.88. The Morgan fingerprint density at radius 2 is 2.05 bits per heavy atom. The topological polar surface area (TPSA) is 40.5 Å². The zero-order valence-corrected chi connectivity index (χ0v) is 11.3. The van der Waals surface area contributed by atoms with E-state index in [0.717, 1.165) is 29.8 Å². The maximum Gasteiger partial charge on any atom is 0.214 e. The quantitative estimate of drug-likeness (QED) is 0.819. The molecule has 1 aromatic carbocycles. The van der Waals surface area contributed by atoms with Crippen LogP contribution in [0.2, 0.25) is 0 Å². The molecular formula is C13H10F2N4S. The lowest BCUT2D eigenvalue weighted by Crippen LogP contribution is -2.34. The van der Waals surface area contributed by atoms with Crippen LogP contribution >= 0.6 is 11.9 Å². The fraction of sp³-hybridized carbons (Fsp3) is 0.0769. The first-order valence-electron chi connectivity index (χ1n) is 5.80. The third-order valence-corrected chi connectivity index (χ3v) is 3.65. The lowest BCUT2D eigenvalue weighted by Gasteiger charge is -2.25. The van der Waals surface area contributed by atoms with Crippen molar-refractivity contribution in [1.29, 1.82) is 0 Å². The van der Waals surface area contributed by atoms with Gasteiger partial charge in [0.25, 0.3) is 0 Å². The van der Waals surface area contributed by atoms with Crippen LogP contribution in [0.25, 0.3) is 0 Å². The predicted molar refractivity (Wildman–Crippen MR) is 75.9 cm³/mol. The summed E-state index contributed by atoms with van der Waals surface area (Å²) in [6.45, 7) is 0. The SMILES string of the molecule is CN(C1=NSc2cc(F)c(F)cc2N1)c1cccnc1. The smallest absolute Gasteiger partial charge is 0.214 e. The summed E-state index contributed by atoms with van der Waals surface area (Å²) in [7, 11) is 1.81. The number of nitrogens with one attached hydrogen (secondary N) is 1. The van der Waals surface area contributed by atoms with Gasteiger partial charge in [-0.1, -0.05) is 0 Å². The van der Waals surface area contributed by atoms with Crippen LogP contribution in [-0.2, 0) is 0 Å². The molecule has 0 amide bonds. The minimum Gasteiger partial charge on any atom is -0.324 e. The van der Waals surface area contributed by atoms with Gasteiger partial charge >= 0.3 is 0 Å². The number of anilines is 2. The van der Waals surface area contributed by atoms with Crippen LogP contribution in [-0.4, -0.2) is 18.0 Å². The third-order valence-electron chi connectivity index (χ3n) is 2.85. The summed E-state index contributed by atoms with van der Waals surface area (Å²) in [4.78, 5) is 6.36. The molecule has 0 saturated carbocycles. The minimum absolute atomic E-state index is 0.495. The van der Waals surface area contributed by atoms with Gasteiger partial charge in [0.1, 0.15) is 0 Å². The summed E-state index contributed by atoms with van der Waals surface area (Å²) in [5.41, 5.74) is 1.33. The first kappa shape index (κ1) is 12.9. The van der Waals surface area contributed by atoms with Crippen LogP contribution in [0.5, 0.6) is 0 Å². The molecule has 1 N–H and O–H groups in total. The number of hydrogen-bond donors (Lipinski definition) is 1. The molecule has 2 aromatic rings. The molecule has 0 atom stereocenters. The zero-order chi connectivity index (χ0) is 14.1. The Morgan fingerprint density at radius 3 is 2.80 bits per heavy atom. The van der Waals surface area contributed by atoms with Gasteiger partial charge in [0.15, 0.2) is 11.6 Å². The maximum absolute atomic E-state index is 13.3. The predicted octanol–water partition coefficient (Wildman–Crippen LogP) is 3.28. The van der Waals surface area contributed by atoms with E-state index in [0.29, 0.717) is 16.5 Å². The highest BCUT2D eigenvalue weighted by molar-refractivity contribution is 7.98. The van der Waals surface area contributed by atoms with Crippen molar-refractivity contribution in [3.05, 3.63) is 48.3 Å². The summed E-state index contributed by atoms with van der Waals surface area (Å²) >= 11 is 1.10. The van der Waals surface area contributed by atoms with Crippen molar-refractivity contribution in [2.45, 2.75) is 4.90 Å². The van der Waals surface area contributed by atoms with Crippen molar-refractivity contribution in [3.63, 3.8) is 0 Å². The van der Waals surface area contributed by atoms with Crippen LogP contribution in [0, 0.1) is 11.6 Å². The van der Waals surface area contributed by atoms with E-state index in [-0.39, 0.29) is 0 Å². The van der Waals surface area contributed by atoms with Gasteiger partial charge in [-0.2, -0.15) is 4.40 Å². The van der Waals surface area contributed by atoms with E-state index in [1.807, 2.05) is 19.2 Å². The van der Waals surface area contributed by atoms with E-state index < -0.39 is 11.6 Å². The summed E-state index contributed by atoms with van der Waals surface area (Å²) in [6.07, 6.45) is 3.37. The summed E-state index contributed by atoms with van der Waals surface area (Å²) in [6, 6.07) is 5.95. The van der Waals surface area contributed by atoms with Crippen LogP contribution in [0.15, 0.2) is 46.0 Å². The number of hydrogen-bond acceptors (Lipinski definition) is 5. The highest BCUT2D eigenvalue weighted by Crippen LogP contribution is 2.34. The monoisotopic (exact) mass is 292 g/mol. The Hall–Kier alpha value is -2.15. The van der Waals surface area contributed by atoms with Gasteiger partial charge in [0.2, 0.25) is 5.96 Å². The number of halogens is 2. The van der Waals surface area contributed by atoms with Crippen molar-refractivity contribution < 1.29 is 8.78 Å². The number of nitrogens with zero attached hydrogens (tertiary/aromatic N) is 3. The molecule has 2 heterocycles. The standard InChI is InChI=1S/C13H10F2N4S/c1-19(8-3-2-4-16-7-8)13-17-11-5-9(14)10(15)6-12(11)20-18-13/h2-7H,1H3,(H,17,18). The van der Waals surface area contributed by atoms with Crippen LogP contribution in [0.4, 0.5) is 20.2 Å². The third kappa shape index (κ3) is 2.32. The van der Waals surface area contributed by atoms with E-state index in [4.69, 9.17) is 0 Å². The van der Waals surface area contributed by atoms with Crippen LogP contribution in [0.1, 0.15) is 0 Å². The van der Waals surface area contributed by atoms with E-state index in [1.54, 1.807) is 17.3 Å². The molecule has 0 bridgehead atoms. The second kappa shape index (κ2) is 5.09. The van der Waals surface area contributed by atoms with Crippen LogP contribution in [0.3, 0.4) is 0 Å². The fourth-order valence-electron chi connectivity index (χ4n) is 1.76. The van der Waals surface area contributed by atoms with Gasteiger partial charge in [-0.25, -0.2) is 8.78 Å². The molecular weight excluding hydrogens is 282 g/mol. The first-order valence-corrected chi connectivity index (χ1v) is 6.57. The highest BCUT2D eigenvalue weighted by atomic mass is 32.2. The number of pyridine rings is 1. The molecule has 102 valence electrons. The number of rotatable bonds is 1. The Labute approximate surface area is 118 Å². The van der Waals surface area contributed by atoms with E-state index >= 15 is 0 Å². The van der Waals surface area contributed by atoms with Crippen molar-refractivity contribution >= 4 is 29.3 Å². The zero-order valence-electron chi connectivity index (χ0n) is 10.5. The van der Waals surface area contributed by atoms with E-state index in [2.05, 4.69) is 14.7 Å². The lowest BCUT2D eigenvalue weighted by atomic mass is 10.3. The Morgan fingerprint density at radius 1 is 1.25 bits per heavy atom. The molecule has 0 spiro atoms. The second-order valence-electron chi connectivity index (χ2n) is 4.16. The first-order chi connectivity index (χ1) is 9.65. The highest BCUT2D eigenvalue weighted by Gasteiger charge is 2.19. The molecule has 7 heteroatoms. The minimum atomic E-state index is -0.887. The molecule has 0 aliphatic carbocycles. The molecule has 0 radical (unpaired) electrons. The molecule has 0 saturated heterocycles. The van der Waals surface area contributed by atoms with Gasteiger partial charge in [-0.15, -0.1) is 0 Å². The molecule has 1 aliphatic heterocycles. The van der Waals surface area contributed by atoms with Crippen LogP contribution < -0.4 is 10.2 Å². The number of benzene rings is 1. The van der Waals surface area contributed by atoms with Crippen molar-refractivity contribution in [1.82, 2.24) is 4.98 Å². The molecule has 1 aliphatic rings. The molecule has 0 unspecified atom stereocenters. The van der Waals surface area contributed by atoms with Gasteiger partial charge in [0.05, 0.1) is 22.5 Å². The molecule has 4 nitrogen and oxygen atoms in total. The van der Waals surface area contributed by atoms with Crippen molar-refractivity contribution in [3.8, 4) is 0 Å². The average molecular weight is 292 g/mol. The summed E-state index contributed by atoms with van der Waals surface area (Å²) in [5, 5.41) is 2.98. The normalized spacial score (nSPS) is 13.2. The molecule has 3 rings (SSSR count). The number of fused-ring (bicyclic) bond motifs is 1. The summed E-state index contributed by atoms with van der Waals surface area (Å²) < 4.78 is 30.7. The van der Waals surface area contributed by atoms with Gasteiger partial charge in [0, 0.05) is 31.3 Å². The fourth-order valence-corrected chi connectivity index (χ4v) is 2.47. The molecule has 1 aromatic heterocycles. The Bertz CT molecular complexity index is 676. The van der Waals surface area contributed by atoms with E-state index in [1.165, 1.54) is 0 Å². The number of guanidine groups is 1. The van der Waals surface area contributed by atoms with Crippen molar-refractivity contribution in [2.75, 3.05) is 17.3 Å². The largest absolute Gasteiger partial charge is 0.324 e. The molecule has 0 fully saturated rings. The van der Waals surface area contributed by atoms with Crippen molar-refractivity contribution in [2.24, 2.45) is 4.40 Å². The lowest BCUT2D eigenvalue weighted by molar-refractivity contribution is 0.506. The summed E-state index contributed by atoms with van der Waals surface area (Å²) in [5.74, 6) is -1.24. The maximum atomic E-state index is 13.3. The molecule has 20 heavy (non-hydrogen) atoms. The van der Waals surface area contributed by atoms with Gasteiger partial charge in [-0.3, -0.25) is 4.98 Å².